The second-order valence-corrected chi connectivity index (χ2v) is 5.77. The van der Waals surface area contributed by atoms with Crippen molar-refractivity contribution in [3.8, 4) is 0 Å². The summed E-state index contributed by atoms with van der Waals surface area (Å²) in [6, 6.07) is 2.02. The maximum Gasteiger partial charge on any atom is 0.253 e. The van der Waals surface area contributed by atoms with Crippen LogP contribution in [0.25, 0.3) is 5.78 Å². The average Bonchev–Trinajstić information content (AvgIpc) is 2.60. The highest BCUT2D eigenvalue weighted by molar-refractivity contribution is 7.99. The van der Waals surface area contributed by atoms with Gasteiger partial charge in [-0.3, -0.25) is 0 Å². The van der Waals surface area contributed by atoms with Gasteiger partial charge in [0.2, 0.25) is 5.16 Å². The highest BCUT2D eigenvalue weighted by Crippen LogP contribution is 2.23. The first-order chi connectivity index (χ1) is 8.10. The van der Waals surface area contributed by atoms with E-state index < -0.39 is 0 Å². The van der Waals surface area contributed by atoms with E-state index in [9.17, 15) is 0 Å². The molecule has 0 spiro atoms. The third kappa shape index (κ3) is 2.77. The van der Waals surface area contributed by atoms with Crippen LogP contribution in [0.15, 0.2) is 11.2 Å². The van der Waals surface area contributed by atoms with Crippen LogP contribution in [-0.4, -0.2) is 24.8 Å². The number of rotatable bonds is 4. The Balaban J connectivity index is 2.28. The summed E-state index contributed by atoms with van der Waals surface area (Å²) in [6.45, 7) is 8.42. The highest BCUT2D eigenvalue weighted by atomic mass is 32.2. The van der Waals surface area contributed by atoms with Gasteiger partial charge in [-0.15, -0.1) is 5.10 Å². The molecule has 0 radical (unpaired) electrons. The molecule has 4 nitrogen and oxygen atoms in total. The predicted octanol–water partition coefficient (Wildman–Crippen LogP) is 3.02. The van der Waals surface area contributed by atoms with Gasteiger partial charge >= 0.3 is 0 Å². The molecule has 0 fully saturated rings. The van der Waals surface area contributed by atoms with Crippen molar-refractivity contribution < 1.29 is 0 Å². The molecule has 0 saturated carbocycles. The lowest BCUT2D eigenvalue weighted by Gasteiger charge is -2.04. The largest absolute Gasteiger partial charge is 0.253 e. The second-order valence-electron chi connectivity index (χ2n) is 4.36. The molecular formula is C12H18N4S. The van der Waals surface area contributed by atoms with E-state index in [1.54, 1.807) is 11.8 Å². The topological polar surface area (TPSA) is 43.1 Å². The molecule has 2 aromatic rings. The lowest BCUT2D eigenvalue weighted by molar-refractivity contribution is 0.779. The molecule has 0 aliphatic rings. The standard InChI is InChI=1S/C12H18N4S/c1-5-6-10(4)17-12-14-11-13-8(2)7-9(3)16(11)15-12/h7,10H,5-6H2,1-4H3/t10-/m0/s1. The van der Waals surface area contributed by atoms with Gasteiger partial charge in [0, 0.05) is 16.6 Å². The molecule has 0 bridgehead atoms. The van der Waals surface area contributed by atoms with Crippen LogP contribution in [0, 0.1) is 13.8 Å². The summed E-state index contributed by atoms with van der Waals surface area (Å²) in [5, 5.41) is 5.86. The zero-order valence-electron chi connectivity index (χ0n) is 10.8. The quantitative estimate of drug-likeness (QED) is 0.782. The smallest absolute Gasteiger partial charge is 0.216 e. The summed E-state index contributed by atoms with van der Waals surface area (Å²) in [4.78, 5) is 8.85. The molecule has 2 heterocycles. The van der Waals surface area contributed by atoms with Gasteiger partial charge in [-0.1, -0.05) is 32.0 Å². The summed E-state index contributed by atoms with van der Waals surface area (Å²) in [5.74, 6) is 0.702. The molecule has 0 aliphatic carbocycles. The molecule has 92 valence electrons. The molecule has 0 N–H and O–H groups in total. The van der Waals surface area contributed by atoms with Gasteiger partial charge in [-0.05, 0) is 26.3 Å². The third-order valence-corrected chi connectivity index (χ3v) is 3.62. The molecule has 0 saturated heterocycles. The Hall–Kier alpha value is -1.10. The van der Waals surface area contributed by atoms with E-state index >= 15 is 0 Å². The van der Waals surface area contributed by atoms with Crippen molar-refractivity contribution in [2.24, 2.45) is 0 Å². The van der Waals surface area contributed by atoms with Gasteiger partial charge in [0.05, 0.1) is 0 Å². The fourth-order valence-corrected chi connectivity index (χ4v) is 2.82. The second kappa shape index (κ2) is 5.04. The molecule has 1 atom stereocenters. The van der Waals surface area contributed by atoms with Crippen molar-refractivity contribution >= 4 is 17.5 Å². The van der Waals surface area contributed by atoms with Crippen molar-refractivity contribution in [3.63, 3.8) is 0 Å². The molecule has 0 amide bonds. The maximum atomic E-state index is 4.48. The van der Waals surface area contributed by atoms with Crippen molar-refractivity contribution in [2.45, 2.75) is 50.9 Å². The van der Waals surface area contributed by atoms with Gasteiger partial charge < -0.3 is 0 Å². The van der Waals surface area contributed by atoms with Crippen LogP contribution in [0.3, 0.4) is 0 Å². The van der Waals surface area contributed by atoms with E-state index in [1.165, 1.54) is 12.8 Å². The van der Waals surface area contributed by atoms with E-state index in [2.05, 4.69) is 28.9 Å². The highest BCUT2D eigenvalue weighted by Gasteiger charge is 2.11. The number of aromatic nitrogens is 4. The van der Waals surface area contributed by atoms with Crippen LogP contribution in [-0.2, 0) is 0 Å². The minimum absolute atomic E-state index is 0.554. The van der Waals surface area contributed by atoms with E-state index in [1.807, 2.05) is 24.4 Å². The SMILES string of the molecule is CCC[C@H](C)Sc1nc2nc(C)cc(C)n2n1. The van der Waals surface area contributed by atoms with Gasteiger partial charge in [0.1, 0.15) is 0 Å². The Morgan fingerprint density at radius 3 is 2.82 bits per heavy atom. The average molecular weight is 250 g/mol. The van der Waals surface area contributed by atoms with Crippen LogP contribution < -0.4 is 0 Å². The summed E-state index contributed by atoms with van der Waals surface area (Å²) in [5.41, 5.74) is 2.07. The van der Waals surface area contributed by atoms with E-state index in [-0.39, 0.29) is 0 Å². The Kier molecular flexibility index (Phi) is 3.66. The van der Waals surface area contributed by atoms with Crippen LogP contribution in [0.2, 0.25) is 0 Å². The van der Waals surface area contributed by atoms with Crippen LogP contribution in [0.1, 0.15) is 38.1 Å². The lowest BCUT2D eigenvalue weighted by atomic mass is 10.3. The summed E-state index contributed by atoms with van der Waals surface area (Å²) < 4.78 is 1.81. The zero-order valence-corrected chi connectivity index (χ0v) is 11.6. The number of hydrogen-bond donors (Lipinski definition) is 0. The third-order valence-electron chi connectivity index (χ3n) is 2.60. The first kappa shape index (κ1) is 12.4. The van der Waals surface area contributed by atoms with Crippen molar-refractivity contribution in [1.82, 2.24) is 19.6 Å². The van der Waals surface area contributed by atoms with Crippen LogP contribution >= 0.6 is 11.8 Å². The minimum Gasteiger partial charge on any atom is -0.216 e. The Labute approximate surface area is 106 Å². The van der Waals surface area contributed by atoms with Gasteiger partial charge in [0.15, 0.2) is 0 Å². The summed E-state index contributed by atoms with van der Waals surface area (Å²) in [7, 11) is 0. The van der Waals surface area contributed by atoms with Crippen molar-refractivity contribution in [3.05, 3.63) is 17.5 Å². The van der Waals surface area contributed by atoms with Crippen molar-refractivity contribution in [2.75, 3.05) is 0 Å². The lowest BCUT2D eigenvalue weighted by Crippen LogP contribution is -1.98. The Morgan fingerprint density at radius 1 is 1.35 bits per heavy atom. The van der Waals surface area contributed by atoms with Crippen LogP contribution in [0.4, 0.5) is 0 Å². The molecular weight excluding hydrogens is 232 g/mol. The molecule has 0 aliphatic heterocycles. The fraction of sp³-hybridized carbons (Fsp3) is 0.583. The molecule has 17 heavy (non-hydrogen) atoms. The van der Waals surface area contributed by atoms with E-state index in [0.29, 0.717) is 11.0 Å². The van der Waals surface area contributed by atoms with Crippen molar-refractivity contribution in [1.29, 1.82) is 0 Å². The minimum atomic E-state index is 0.554. The Bertz CT molecular complexity index is 520. The molecule has 5 heteroatoms. The first-order valence-corrected chi connectivity index (χ1v) is 6.85. The molecule has 0 aromatic carbocycles. The number of hydrogen-bond acceptors (Lipinski definition) is 4. The summed E-state index contributed by atoms with van der Waals surface area (Å²) >= 11 is 1.73. The van der Waals surface area contributed by atoms with Crippen LogP contribution in [0.5, 0.6) is 0 Å². The fourth-order valence-electron chi connectivity index (χ4n) is 1.84. The number of aryl methyl sites for hydroxylation is 2. The number of nitrogens with zero attached hydrogens (tertiary/aromatic N) is 4. The summed E-state index contributed by atoms with van der Waals surface area (Å²) in [6.07, 6.45) is 2.38. The Morgan fingerprint density at radius 2 is 2.12 bits per heavy atom. The van der Waals surface area contributed by atoms with Gasteiger partial charge in [-0.25, -0.2) is 9.50 Å². The van der Waals surface area contributed by atoms with E-state index in [4.69, 9.17) is 0 Å². The maximum absolute atomic E-state index is 4.48. The zero-order chi connectivity index (χ0) is 12.4. The molecule has 2 rings (SSSR count). The molecule has 0 unspecified atom stereocenters. The van der Waals surface area contributed by atoms with E-state index in [0.717, 1.165) is 16.5 Å². The normalized spacial score (nSPS) is 13.2. The van der Waals surface area contributed by atoms with Gasteiger partial charge in [0.25, 0.3) is 5.78 Å². The number of thioether (sulfide) groups is 1. The van der Waals surface area contributed by atoms with Gasteiger partial charge in [-0.2, -0.15) is 4.98 Å². The first-order valence-electron chi connectivity index (χ1n) is 5.98. The monoisotopic (exact) mass is 250 g/mol. The predicted molar refractivity (Wildman–Crippen MR) is 70.5 cm³/mol. The molecule has 2 aromatic heterocycles. The number of fused-ring (bicyclic) bond motifs is 1.